The van der Waals surface area contributed by atoms with Crippen molar-refractivity contribution in [2.45, 2.75) is 96.9 Å². The van der Waals surface area contributed by atoms with E-state index in [2.05, 4.69) is 38.3 Å². The number of carbonyl (C=O) groups excluding carboxylic acids is 2. The molecule has 2 saturated heterocycles. The van der Waals surface area contributed by atoms with Gasteiger partial charge in [0.15, 0.2) is 5.60 Å². The van der Waals surface area contributed by atoms with Crippen molar-refractivity contribution in [3.63, 3.8) is 0 Å². The maximum Gasteiger partial charge on any atom is 0.313 e. The normalized spacial score (nSPS) is 39.5. The van der Waals surface area contributed by atoms with Gasteiger partial charge in [-0.3, -0.25) is 9.59 Å². The highest BCUT2D eigenvalue weighted by Gasteiger charge is 2.75. The minimum Gasteiger partial charge on any atom is -0.448 e. The van der Waals surface area contributed by atoms with E-state index in [-0.39, 0.29) is 29.0 Å². The third-order valence-corrected chi connectivity index (χ3v) is 7.11. The molecule has 1 aliphatic carbocycles. The highest BCUT2D eigenvalue weighted by atomic mass is 16.6. The number of nitrogens with two attached hydrogens (primary N) is 1. The average molecular weight is 337 g/mol. The number of piperidine rings is 1. The van der Waals surface area contributed by atoms with E-state index in [4.69, 9.17) is 4.74 Å². The molecule has 2 bridgehead atoms. The zero-order valence-electron chi connectivity index (χ0n) is 16.2. The largest absolute Gasteiger partial charge is 0.448 e. The summed E-state index contributed by atoms with van der Waals surface area (Å²) in [5.41, 5.74) is -1.86. The smallest absolute Gasteiger partial charge is 0.313 e. The van der Waals surface area contributed by atoms with Crippen molar-refractivity contribution in [3.05, 3.63) is 0 Å². The summed E-state index contributed by atoms with van der Waals surface area (Å²) in [4.78, 5) is 25.6. The quantitative estimate of drug-likeness (QED) is 0.750. The summed E-state index contributed by atoms with van der Waals surface area (Å²) in [5.74, 6) is -0.313. The second-order valence-electron chi connectivity index (χ2n) is 10.4. The Morgan fingerprint density at radius 1 is 1.04 bits per heavy atom. The van der Waals surface area contributed by atoms with Gasteiger partial charge in [-0.05, 0) is 47.5 Å². The average Bonchev–Trinajstić information content (AvgIpc) is 2.65. The monoisotopic (exact) mass is 337 g/mol. The maximum atomic E-state index is 13.2. The SMILES string of the molecule is CC1(C)CC(NC(=O)[C@@]23CC[C@@](C)(C(=O)O2)C3(C)C)CC(C)(C)[NH2+]1. The first-order chi connectivity index (χ1) is 10.7. The Balaban J connectivity index is 1.82. The number of carbonyl (C=O) groups is 2. The minimum absolute atomic E-state index is 0.0867. The lowest BCUT2D eigenvalue weighted by molar-refractivity contribution is -0.788. The molecule has 5 nitrogen and oxygen atoms in total. The second-order valence-corrected chi connectivity index (χ2v) is 10.4. The van der Waals surface area contributed by atoms with E-state index in [0.717, 1.165) is 19.3 Å². The number of ether oxygens (including phenoxy) is 1. The fourth-order valence-electron chi connectivity index (χ4n) is 5.67. The molecule has 1 saturated carbocycles. The zero-order valence-corrected chi connectivity index (χ0v) is 16.2. The van der Waals surface area contributed by atoms with Crippen molar-refractivity contribution in [3.8, 4) is 0 Å². The van der Waals surface area contributed by atoms with Crippen molar-refractivity contribution in [1.82, 2.24) is 5.32 Å². The van der Waals surface area contributed by atoms with Crippen LogP contribution in [-0.4, -0.2) is 34.6 Å². The highest BCUT2D eigenvalue weighted by Crippen LogP contribution is 2.65. The fourth-order valence-corrected chi connectivity index (χ4v) is 5.67. The maximum absolute atomic E-state index is 13.2. The van der Waals surface area contributed by atoms with Crippen LogP contribution in [-0.2, 0) is 14.3 Å². The van der Waals surface area contributed by atoms with Crippen LogP contribution < -0.4 is 10.6 Å². The van der Waals surface area contributed by atoms with Gasteiger partial charge in [0.05, 0.1) is 16.5 Å². The fraction of sp³-hybridized carbons (Fsp3) is 0.895. The Morgan fingerprint density at radius 3 is 2.00 bits per heavy atom. The van der Waals surface area contributed by atoms with Crippen molar-refractivity contribution in [2.24, 2.45) is 10.8 Å². The van der Waals surface area contributed by atoms with Crippen LogP contribution in [0.1, 0.15) is 74.1 Å². The molecule has 0 aromatic carbocycles. The Kier molecular flexibility index (Phi) is 3.50. The number of hydrogen-bond donors (Lipinski definition) is 2. The van der Waals surface area contributed by atoms with E-state index in [1.807, 2.05) is 20.8 Å². The molecular formula is C19H33N2O3+. The topological polar surface area (TPSA) is 72.0 Å². The number of esters is 1. The minimum atomic E-state index is -1.01. The number of fused-ring (bicyclic) bond motifs is 2. The Bertz CT molecular complexity index is 579. The van der Waals surface area contributed by atoms with Crippen LogP contribution in [0.15, 0.2) is 0 Å². The third kappa shape index (κ3) is 2.23. The molecule has 0 radical (unpaired) electrons. The van der Waals surface area contributed by atoms with Gasteiger partial charge in [0.1, 0.15) is 0 Å². The first kappa shape index (κ1) is 17.7. The highest BCUT2D eigenvalue weighted by molar-refractivity contribution is 5.96. The molecule has 2 heterocycles. The molecule has 5 heteroatoms. The van der Waals surface area contributed by atoms with Crippen LogP contribution in [0.3, 0.4) is 0 Å². The van der Waals surface area contributed by atoms with Gasteiger partial charge in [-0.15, -0.1) is 0 Å². The van der Waals surface area contributed by atoms with Crippen LogP contribution in [0.2, 0.25) is 0 Å². The van der Waals surface area contributed by atoms with Crippen molar-refractivity contribution >= 4 is 11.9 Å². The lowest BCUT2D eigenvalue weighted by atomic mass is 9.66. The van der Waals surface area contributed by atoms with Crippen LogP contribution in [0.4, 0.5) is 0 Å². The molecule has 0 spiro atoms. The van der Waals surface area contributed by atoms with Gasteiger partial charge in [-0.2, -0.15) is 0 Å². The van der Waals surface area contributed by atoms with Crippen molar-refractivity contribution < 1.29 is 19.6 Å². The first-order valence-electron chi connectivity index (χ1n) is 9.16. The first-order valence-corrected chi connectivity index (χ1v) is 9.16. The van der Waals surface area contributed by atoms with Gasteiger partial charge in [0, 0.05) is 24.3 Å². The number of quaternary nitrogens is 1. The molecule has 0 unspecified atom stereocenters. The molecule has 0 aromatic heterocycles. The molecule has 0 aromatic rings. The van der Waals surface area contributed by atoms with Gasteiger partial charge in [-0.25, -0.2) is 0 Å². The van der Waals surface area contributed by atoms with Gasteiger partial charge in [0.2, 0.25) is 0 Å². The summed E-state index contributed by atoms with van der Waals surface area (Å²) in [6, 6.07) is 0.115. The zero-order chi connectivity index (χ0) is 18.2. The third-order valence-electron chi connectivity index (χ3n) is 7.11. The molecule has 2 atom stereocenters. The second kappa shape index (κ2) is 4.75. The Labute approximate surface area is 145 Å². The molecular weight excluding hydrogens is 304 g/mol. The van der Waals surface area contributed by atoms with Crippen molar-refractivity contribution in [2.75, 3.05) is 0 Å². The van der Waals surface area contributed by atoms with Crippen LogP contribution in [0.5, 0.6) is 0 Å². The van der Waals surface area contributed by atoms with E-state index in [1.54, 1.807) is 0 Å². The van der Waals surface area contributed by atoms with Crippen molar-refractivity contribution in [1.29, 1.82) is 0 Å². The van der Waals surface area contributed by atoms with E-state index in [0.29, 0.717) is 6.42 Å². The van der Waals surface area contributed by atoms with Gasteiger partial charge < -0.3 is 15.4 Å². The van der Waals surface area contributed by atoms with Crippen LogP contribution >= 0.6 is 0 Å². The van der Waals surface area contributed by atoms with E-state index >= 15 is 0 Å². The standard InChI is InChI=1S/C19H32N2O3/c1-15(2)10-12(11-16(3,4)21-15)20-13(22)19-9-8-18(7,14(23)24-19)17(19,5)6/h12,21H,8-11H2,1-7H3,(H,20,22)/p+1/t18-,19+/m0/s1. The summed E-state index contributed by atoms with van der Waals surface area (Å²) in [6.07, 6.45) is 3.19. The molecule has 24 heavy (non-hydrogen) atoms. The molecule has 3 fully saturated rings. The van der Waals surface area contributed by atoms with Gasteiger partial charge >= 0.3 is 5.97 Å². The summed E-state index contributed by atoms with van der Waals surface area (Å²) in [6.45, 7) is 14.8. The molecule has 2 aliphatic heterocycles. The lowest BCUT2D eigenvalue weighted by Crippen LogP contribution is -3.06. The number of rotatable bonds is 2. The van der Waals surface area contributed by atoms with E-state index in [9.17, 15) is 9.59 Å². The summed E-state index contributed by atoms with van der Waals surface area (Å²) in [5, 5.41) is 5.64. The number of amides is 1. The Hall–Kier alpha value is -1.10. The van der Waals surface area contributed by atoms with Gasteiger partial charge in [-0.1, -0.05) is 13.8 Å². The summed E-state index contributed by atoms with van der Waals surface area (Å²) in [7, 11) is 0. The Morgan fingerprint density at radius 2 is 1.58 bits per heavy atom. The van der Waals surface area contributed by atoms with Crippen LogP contribution in [0.25, 0.3) is 0 Å². The predicted octanol–water partition coefficient (Wildman–Crippen LogP) is 1.51. The number of hydrogen-bond acceptors (Lipinski definition) is 3. The molecule has 1 amide bonds. The lowest BCUT2D eigenvalue weighted by Gasteiger charge is -2.44. The molecule has 3 N–H and O–H groups in total. The number of nitrogens with one attached hydrogen (secondary N) is 1. The van der Waals surface area contributed by atoms with E-state index in [1.165, 1.54) is 0 Å². The molecule has 3 rings (SSSR count). The predicted molar refractivity (Wildman–Crippen MR) is 91.2 cm³/mol. The molecule has 136 valence electrons. The van der Waals surface area contributed by atoms with Crippen LogP contribution in [0, 0.1) is 10.8 Å². The summed E-state index contributed by atoms with van der Waals surface area (Å²) >= 11 is 0. The van der Waals surface area contributed by atoms with E-state index < -0.39 is 16.4 Å². The molecule has 3 aliphatic rings. The summed E-state index contributed by atoms with van der Waals surface area (Å²) < 4.78 is 5.71. The van der Waals surface area contributed by atoms with Gasteiger partial charge in [0.25, 0.3) is 5.91 Å².